The lowest BCUT2D eigenvalue weighted by atomic mass is 10.3. The summed E-state index contributed by atoms with van der Waals surface area (Å²) in [6.45, 7) is 0. The molecule has 0 amide bonds. The summed E-state index contributed by atoms with van der Waals surface area (Å²) < 4.78 is 0. The molecule has 46 valence electrons. The van der Waals surface area contributed by atoms with Crippen LogP contribution in [-0.4, -0.2) is 0 Å². The van der Waals surface area contributed by atoms with Gasteiger partial charge in [0.05, 0.1) is 0 Å². The van der Waals surface area contributed by atoms with Crippen LogP contribution in [0.25, 0.3) is 12.2 Å². The fourth-order valence-electron chi connectivity index (χ4n) is 1.20. The van der Waals surface area contributed by atoms with Crippen LogP contribution in [-0.2, 0) is 0 Å². The molecule has 1 aliphatic rings. The Hall–Kier alpha value is -1.04. The van der Waals surface area contributed by atoms with Gasteiger partial charge in [-0.25, -0.2) is 0 Å². The summed E-state index contributed by atoms with van der Waals surface area (Å²) in [6, 6.07) is 8.46. The Labute approximate surface area is 55.6 Å². The van der Waals surface area contributed by atoms with E-state index < -0.39 is 0 Å². The Morgan fingerprint density at radius 3 is 2.11 bits per heavy atom. The maximum Gasteiger partial charge on any atom is 0 e. The van der Waals surface area contributed by atoms with E-state index in [0.29, 0.717) is 0 Å². The second-order valence-electron chi connectivity index (χ2n) is 2.27. The third kappa shape index (κ3) is 0.672. The lowest BCUT2D eigenvalue weighted by Gasteiger charge is -1.79. The minimum absolute atomic E-state index is 0. The van der Waals surface area contributed by atoms with Crippen LogP contribution >= 0.6 is 0 Å². The summed E-state index contributed by atoms with van der Waals surface area (Å²) in [4.78, 5) is 0. The summed E-state index contributed by atoms with van der Waals surface area (Å²) >= 11 is 0. The minimum Gasteiger partial charge on any atom is -0.0729 e. The van der Waals surface area contributed by atoms with Gasteiger partial charge >= 0.3 is 0 Å². The van der Waals surface area contributed by atoms with Crippen molar-refractivity contribution >= 4 is 12.2 Å². The quantitative estimate of drug-likeness (QED) is 0.474. The molecule has 0 nitrogen and oxygen atoms in total. The fraction of sp³-hybridized carbons (Fsp3) is 0.111. The molecule has 0 saturated heterocycles. The highest BCUT2D eigenvalue weighted by molar-refractivity contribution is 5.45. The standard InChI is InChI=1S/C9H8.H2/c1-2-5-9-7-3-6-8(9)4-1;/h1-2,4-7H,3H2;1H. The molecule has 0 aliphatic heterocycles. The molecule has 0 heterocycles. The van der Waals surface area contributed by atoms with Crippen LogP contribution in [0, 0.1) is 0 Å². The van der Waals surface area contributed by atoms with E-state index in [4.69, 9.17) is 0 Å². The zero-order valence-corrected chi connectivity index (χ0v) is 5.17. The highest BCUT2D eigenvalue weighted by Crippen LogP contribution is 1.87. The molecule has 0 N–H and O–H groups in total. The van der Waals surface area contributed by atoms with Gasteiger partial charge in [-0.05, 0) is 16.9 Å². The van der Waals surface area contributed by atoms with E-state index in [0.717, 1.165) is 6.42 Å². The van der Waals surface area contributed by atoms with Crippen molar-refractivity contribution in [2.75, 3.05) is 0 Å². The summed E-state index contributed by atoms with van der Waals surface area (Å²) in [7, 11) is 0. The monoisotopic (exact) mass is 118 g/mol. The van der Waals surface area contributed by atoms with Crippen LogP contribution in [0.3, 0.4) is 0 Å². The molecule has 0 heteroatoms. The Morgan fingerprint density at radius 1 is 1.00 bits per heavy atom. The maximum atomic E-state index is 2.25. The van der Waals surface area contributed by atoms with Crippen molar-refractivity contribution in [2.45, 2.75) is 6.42 Å². The van der Waals surface area contributed by atoms with Gasteiger partial charge in [0.2, 0.25) is 0 Å². The number of rotatable bonds is 0. The average molecular weight is 118 g/mol. The van der Waals surface area contributed by atoms with Gasteiger partial charge in [-0.1, -0.05) is 36.4 Å². The van der Waals surface area contributed by atoms with Crippen molar-refractivity contribution in [2.24, 2.45) is 0 Å². The highest BCUT2D eigenvalue weighted by Gasteiger charge is 1.87. The second kappa shape index (κ2) is 1.73. The van der Waals surface area contributed by atoms with Crippen molar-refractivity contribution in [1.29, 1.82) is 0 Å². The minimum atomic E-state index is 0. The van der Waals surface area contributed by atoms with Gasteiger partial charge in [0, 0.05) is 1.43 Å². The largest absolute Gasteiger partial charge is 0.0729 e. The zero-order chi connectivity index (χ0) is 6.10. The first-order valence-corrected chi connectivity index (χ1v) is 3.22. The van der Waals surface area contributed by atoms with E-state index in [2.05, 4.69) is 36.4 Å². The van der Waals surface area contributed by atoms with Gasteiger partial charge in [-0.15, -0.1) is 0 Å². The van der Waals surface area contributed by atoms with E-state index >= 15 is 0 Å². The number of fused-ring (bicyclic) bond motifs is 1. The summed E-state index contributed by atoms with van der Waals surface area (Å²) in [5.74, 6) is 0. The predicted octanol–water partition coefficient (Wildman–Crippen LogP) is 0.897. The molecular weight excluding hydrogens is 108 g/mol. The Kier molecular flexibility index (Phi) is 0.922. The number of hydrogen-bond donors (Lipinski definition) is 0. The topological polar surface area (TPSA) is 0 Å². The van der Waals surface area contributed by atoms with Crippen LogP contribution in [0.1, 0.15) is 7.85 Å². The molecule has 1 aromatic carbocycles. The van der Waals surface area contributed by atoms with Gasteiger partial charge in [0.1, 0.15) is 0 Å². The fourth-order valence-corrected chi connectivity index (χ4v) is 1.20. The Balaban J connectivity index is 0.000000500. The van der Waals surface area contributed by atoms with E-state index in [1.54, 1.807) is 0 Å². The lowest BCUT2D eigenvalue weighted by molar-refractivity contribution is 1.55. The first-order chi connectivity index (χ1) is 4.47. The summed E-state index contributed by atoms with van der Waals surface area (Å²) in [6.07, 6.45) is 5.60. The number of benzene rings is 1. The molecule has 0 bridgehead atoms. The van der Waals surface area contributed by atoms with Crippen molar-refractivity contribution in [1.82, 2.24) is 0 Å². The molecule has 0 saturated carbocycles. The normalized spacial score (nSPS) is 13.8. The van der Waals surface area contributed by atoms with Crippen molar-refractivity contribution < 1.29 is 1.43 Å². The van der Waals surface area contributed by atoms with Gasteiger partial charge < -0.3 is 0 Å². The molecule has 0 atom stereocenters. The van der Waals surface area contributed by atoms with Crippen LogP contribution in [0.4, 0.5) is 0 Å². The Morgan fingerprint density at radius 2 is 1.56 bits per heavy atom. The molecular formula is C9H10. The lowest BCUT2D eigenvalue weighted by Crippen LogP contribution is -2.19. The zero-order valence-electron chi connectivity index (χ0n) is 5.17. The predicted molar refractivity (Wildman–Crippen MR) is 41.4 cm³/mol. The molecule has 0 unspecified atom stereocenters. The molecule has 0 spiro atoms. The molecule has 9 heavy (non-hydrogen) atoms. The van der Waals surface area contributed by atoms with E-state index in [9.17, 15) is 0 Å². The highest BCUT2D eigenvalue weighted by atomic mass is 13.9. The number of hydrogen-bond acceptors (Lipinski definition) is 0. The Bertz CT molecular complexity index is 292. The van der Waals surface area contributed by atoms with Crippen LogP contribution < -0.4 is 10.4 Å². The van der Waals surface area contributed by atoms with Crippen molar-refractivity contribution in [3.8, 4) is 0 Å². The second-order valence-corrected chi connectivity index (χ2v) is 2.27. The van der Waals surface area contributed by atoms with Gasteiger partial charge in [0.25, 0.3) is 0 Å². The third-order valence-corrected chi connectivity index (χ3v) is 1.67. The smallest absolute Gasteiger partial charge is 0 e. The van der Waals surface area contributed by atoms with Crippen LogP contribution in [0.2, 0.25) is 0 Å². The van der Waals surface area contributed by atoms with Crippen LogP contribution in [0.5, 0.6) is 0 Å². The molecule has 0 fully saturated rings. The first-order valence-electron chi connectivity index (χ1n) is 3.22. The SMILES string of the molecule is C1=c2ccccc2=CC1.[HH]. The van der Waals surface area contributed by atoms with Crippen molar-refractivity contribution in [3.63, 3.8) is 0 Å². The summed E-state index contributed by atoms with van der Waals surface area (Å²) in [5.41, 5.74) is 0. The van der Waals surface area contributed by atoms with Crippen LogP contribution in [0.15, 0.2) is 24.3 Å². The first kappa shape index (κ1) is 4.80. The molecule has 0 radical (unpaired) electrons. The molecule has 2 rings (SSSR count). The van der Waals surface area contributed by atoms with E-state index in [1.807, 2.05) is 0 Å². The molecule has 1 aromatic rings. The average Bonchev–Trinajstić information content (AvgIpc) is 2.33. The third-order valence-electron chi connectivity index (χ3n) is 1.67. The molecule has 1 aliphatic carbocycles. The summed E-state index contributed by atoms with van der Waals surface area (Å²) in [5, 5.41) is 2.77. The van der Waals surface area contributed by atoms with Gasteiger partial charge in [-0.2, -0.15) is 0 Å². The van der Waals surface area contributed by atoms with Crippen molar-refractivity contribution in [3.05, 3.63) is 34.7 Å². The maximum absolute atomic E-state index is 2.25. The van der Waals surface area contributed by atoms with Gasteiger partial charge in [-0.3, -0.25) is 0 Å². The van der Waals surface area contributed by atoms with Gasteiger partial charge in [0.15, 0.2) is 0 Å². The molecule has 0 aromatic heterocycles. The van der Waals surface area contributed by atoms with E-state index in [-0.39, 0.29) is 1.43 Å². The van der Waals surface area contributed by atoms with E-state index in [1.165, 1.54) is 10.4 Å².